The summed E-state index contributed by atoms with van der Waals surface area (Å²) in [5, 5.41) is 9.58. The van der Waals surface area contributed by atoms with E-state index < -0.39 is 17.6 Å². The van der Waals surface area contributed by atoms with Gasteiger partial charge in [-0.05, 0) is 92.5 Å². The SMILES string of the molecule is Cc1ccc(C(=O)Nc2cc(CNCCN3CCCCC3)cc(C(F)(F)F)c2)cc1Nc1ccc2ncn(C)c(=O)c2c1. The molecule has 0 atom stereocenters. The number of fused-ring (bicyclic) bond motifs is 1. The molecule has 0 unspecified atom stereocenters. The summed E-state index contributed by atoms with van der Waals surface area (Å²) in [7, 11) is 1.63. The number of hydrogen-bond donors (Lipinski definition) is 3. The lowest BCUT2D eigenvalue weighted by Gasteiger charge is -2.26. The summed E-state index contributed by atoms with van der Waals surface area (Å²) < 4.78 is 42.5. The van der Waals surface area contributed by atoms with Gasteiger partial charge in [-0.15, -0.1) is 0 Å². The molecule has 11 heteroatoms. The number of benzene rings is 3. The molecule has 226 valence electrons. The van der Waals surface area contributed by atoms with E-state index in [1.54, 1.807) is 49.5 Å². The number of alkyl halides is 3. The van der Waals surface area contributed by atoms with Crippen molar-refractivity contribution in [2.24, 2.45) is 7.05 Å². The molecule has 1 amide bonds. The predicted octanol–water partition coefficient (Wildman–Crippen LogP) is 5.83. The first-order valence-electron chi connectivity index (χ1n) is 14.4. The van der Waals surface area contributed by atoms with Crippen LogP contribution in [-0.4, -0.2) is 46.5 Å². The zero-order chi connectivity index (χ0) is 30.6. The van der Waals surface area contributed by atoms with Crippen molar-refractivity contribution in [2.45, 2.75) is 38.9 Å². The van der Waals surface area contributed by atoms with Crippen LogP contribution in [0.4, 0.5) is 30.2 Å². The van der Waals surface area contributed by atoms with Crippen molar-refractivity contribution in [3.05, 3.63) is 93.5 Å². The maximum atomic E-state index is 13.7. The fraction of sp³-hybridized carbons (Fsp3) is 0.344. The van der Waals surface area contributed by atoms with E-state index in [0.29, 0.717) is 34.4 Å². The Balaban J connectivity index is 1.30. The topological polar surface area (TPSA) is 91.3 Å². The Morgan fingerprint density at radius 3 is 2.53 bits per heavy atom. The summed E-state index contributed by atoms with van der Waals surface area (Å²) in [4.78, 5) is 32.3. The quantitative estimate of drug-likeness (QED) is 0.212. The number of anilines is 3. The van der Waals surface area contributed by atoms with E-state index in [1.807, 2.05) is 6.92 Å². The number of aromatic nitrogens is 2. The molecule has 0 aliphatic carbocycles. The van der Waals surface area contributed by atoms with Crippen molar-refractivity contribution in [3.8, 4) is 0 Å². The third-order valence-corrected chi connectivity index (χ3v) is 7.66. The molecule has 3 N–H and O–H groups in total. The van der Waals surface area contributed by atoms with E-state index in [1.165, 1.54) is 30.2 Å². The van der Waals surface area contributed by atoms with Crippen LogP contribution < -0.4 is 21.5 Å². The highest BCUT2D eigenvalue weighted by Crippen LogP contribution is 2.32. The number of halogens is 3. The predicted molar refractivity (Wildman–Crippen MR) is 163 cm³/mol. The second kappa shape index (κ2) is 13.0. The fourth-order valence-electron chi connectivity index (χ4n) is 5.23. The van der Waals surface area contributed by atoms with Crippen molar-refractivity contribution < 1.29 is 18.0 Å². The Kier molecular flexibility index (Phi) is 9.12. The van der Waals surface area contributed by atoms with Crippen molar-refractivity contribution in [2.75, 3.05) is 36.8 Å². The second-order valence-corrected chi connectivity index (χ2v) is 11.0. The Bertz CT molecular complexity index is 1680. The first-order valence-corrected chi connectivity index (χ1v) is 14.4. The molecular weight excluding hydrogens is 557 g/mol. The van der Waals surface area contributed by atoms with E-state index in [-0.39, 0.29) is 23.4 Å². The third-order valence-electron chi connectivity index (χ3n) is 7.66. The summed E-state index contributed by atoms with van der Waals surface area (Å²) in [5.41, 5.74) is 2.43. The van der Waals surface area contributed by atoms with Gasteiger partial charge in [-0.1, -0.05) is 12.5 Å². The first-order chi connectivity index (χ1) is 20.6. The van der Waals surface area contributed by atoms with Gasteiger partial charge in [0.25, 0.3) is 11.5 Å². The molecule has 0 bridgehead atoms. The summed E-state index contributed by atoms with van der Waals surface area (Å²) in [6.45, 7) is 5.74. The van der Waals surface area contributed by atoms with Gasteiger partial charge in [0.15, 0.2) is 0 Å². The van der Waals surface area contributed by atoms with Gasteiger partial charge in [-0.3, -0.25) is 9.59 Å². The van der Waals surface area contributed by atoms with Gasteiger partial charge in [0.2, 0.25) is 0 Å². The zero-order valence-corrected chi connectivity index (χ0v) is 24.2. The number of nitrogens with zero attached hydrogens (tertiary/aromatic N) is 3. The van der Waals surface area contributed by atoms with Crippen LogP contribution in [0.5, 0.6) is 0 Å². The molecule has 1 aliphatic heterocycles. The van der Waals surface area contributed by atoms with Gasteiger partial charge in [-0.2, -0.15) is 13.2 Å². The maximum Gasteiger partial charge on any atom is 0.416 e. The van der Waals surface area contributed by atoms with E-state index in [0.717, 1.165) is 37.3 Å². The minimum absolute atomic E-state index is 0.0700. The molecule has 5 rings (SSSR count). The van der Waals surface area contributed by atoms with Gasteiger partial charge in [0.05, 0.1) is 22.8 Å². The van der Waals surface area contributed by atoms with E-state index in [4.69, 9.17) is 0 Å². The summed E-state index contributed by atoms with van der Waals surface area (Å²) >= 11 is 0. The number of likely N-dealkylation sites (tertiary alicyclic amines) is 1. The number of hydrogen-bond acceptors (Lipinski definition) is 6. The Morgan fingerprint density at radius 1 is 0.977 bits per heavy atom. The Hall–Kier alpha value is -4.22. The molecule has 1 aliphatic rings. The van der Waals surface area contributed by atoms with Gasteiger partial charge >= 0.3 is 6.18 Å². The lowest BCUT2D eigenvalue weighted by atomic mass is 10.1. The van der Waals surface area contributed by atoms with Crippen molar-refractivity contribution in [1.82, 2.24) is 19.8 Å². The molecule has 0 saturated carbocycles. The highest BCUT2D eigenvalue weighted by Gasteiger charge is 2.31. The number of carbonyl (C=O) groups is 1. The van der Waals surface area contributed by atoms with E-state index in [2.05, 4.69) is 25.8 Å². The monoisotopic (exact) mass is 592 g/mol. The average molecular weight is 593 g/mol. The summed E-state index contributed by atoms with van der Waals surface area (Å²) in [6.07, 6.45) is 0.508. The van der Waals surface area contributed by atoms with E-state index >= 15 is 0 Å². The molecule has 0 radical (unpaired) electrons. The van der Waals surface area contributed by atoms with Crippen LogP contribution in [0, 0.1) is 6.92 Å². The summed E-state index contributed by atoms with van der Waals surface area (Å²) in [6, 6.07) is 13.8. The Morgan fingerprint density at radius 2 is 1.77 bits per heavy atom. The molecule has 8 nitrogen and oxygen atoms in total. The van der Waals surface area contributed by atoms with Crippen molar-refractivity contribution in [1.29, 1.82) is 0 Å². The standard InChI is InChI=1S/C32H35F3N6O2/c1-21-6-7-23(16-29(21)38-25-8-9-28-27(18-25)31(43)40(2)20-37-28)30(42)39-26-15-22(14-24(17-26)32(33,34)35)19-36-10-13-41-11-4-3-5-12-41/h6-9,14-18,20,36,38H,3-5,10-13,19H2,1-2H3,(H,39,42). The van der Waals surface area contributed by atoms with Gasteiger partial charge in [0.1, 0.15) is 0 Å². The van der Waals surface area contributed by atoms with Gasteiger partial charge in [0, 0.05) is 49.3 Å². The molecule has 2 heterocycles. The third kappa shape index (κ3) is 7.60. The van der Waals surface area contributed by atoms with Gasteiger partial charge < -0.3 is 25.4 Å². The van der Waals surface area contributed by atoms with E-state index in [9.17, 15) is 22.8 Å². The fourth-order valence-corrected chi connectivity index (χ4v) is 5.23. The van der Waals surface area contributed by atoms with Crippen LogP contribution in [0.3, 0.4) is 0 Å². The largest absolute Gasteiger partial charge is 0.416 e. The average Bonchev–Trinajstić information content (AvgIpc) is 2.98. The van der Waals surface area contributed by atoms with Crippen LogP contribution in [0.2, 0.25) is 0 Å². The number of nitrogens with one attached hydrogen (secondary N) is 3. The normalized spacial score (nSPS) is 14.2. The zero-order valence-electron chi connectivity index (χ0n) is 24.2. The highest BCUT2D eigenvalue weighted by atomic mass is 19.4. The lowest BCUT2D eigenvalue weighted by Crippen LogP contribution is -2.35. The summed E-state index contributed by atoms with van der Waals surface area (Å²) in [5.74, 6) is -0.539. The minimum Gasteiger partial charge on any atom is -0.355 e. The van der Waals surface area contributed by atoms with Crippen LogP contribution >= 0.6 is 0 Å². The molecular formula is C32H35F3N6O2. The molecule has 43 heavy (non-hydrogen) atoms. The molecule has 3 aromatic carbocycles. The number of rotatable bonds is 9. The van der Waals surface area contributed by atoms with Gasteiger partial charge in [-0.25, -0.2) is 4.98 Å². The molecule has 0 spiro atoms. The van der Waals surface area contributed by atoms with Crippen LogP contribution in [0.1, 0.15) is 46.3 Å². The number of amides is 1. The number of aryl methyl sites for hydroxylation is 2. The van der Waals surface area contributed by atoms with Crippen LogP contribution in [0.15, 0.2) is 65.7 Å². The maximum absolute atomic E-state index is 13.7. The number of piperidine rings is 1. The second-order valence-electron chi connectivity index (χ2n) is 11.0. The molecule has 4 aromatic rings. The molecule has 1 aromatic heterocycles. The minimum atomic E-state index is -4.55. The molecule has 1 fully saturated rings. The lowest BCUT2D eigenvalue weighted by molar-refractivity contribution is -0.137. The smallest absolute Gasteiger partial charge is 0.355 e. The molecule has 1 saturated heterocycles. The van der Waals surface area contributed by atoms with Crippen molar-refractivity contribution >= 4 is 33.9 Å². The highest BCUT2D eigenvalue weighted by molar-refractivity contribution is 6.05. The van der Waals surface area contributed by atoms with Crippen LogP contribution in [-0.2, 0) is 19.8 Å². The van der Waals surface area contributed by atoms with Crippen LogP contribution in [0.25, 0.3) is 10.9 Å². The Labute approximate surface area is 247 Å². The number of carbonyl (C=O) groups excluding carboxylic acids is 1. The first kappa shape index (κ1) is 30.2. The van der Waals surface area contributed by atoms with Crippen molar-refractivity contribution in [3.63, 3.8) is 0 Å².